The molecular formula is C14H22N2O2. The first-order valence-corrected chi connectivity index (χ1v) is 6.14. The third kappa shape index (κ3) is 3.95. The summed E-state index contributed by atoms with van der Waals surface area (Å²) >= 11 is 0. The van der Waals surface area contributed by atoms with Crippen LogP contribution >= 0.6 is 0 Å². The van der Waals surface area contributed by atoms with E-state index in [1.807, 2.05) is 0 Å². The van der Waals surface area contributed by atoms with Crippen molar-refractivity contribution in [2.24, 2.45) is 5.41 Å². The molecule has 0 heterocycles. The van der Waals surface area contributed by atoms with Crippen molar-refractivity contribution in [1.29, 1.82) is 0 Å². The summed E-state index contributed by atoms with van der Waals surface area (Å²) in [5.41, 5.74) is 7.73. The largest absolute Gasteiger partial charge is 0.462 e. The van der Waals surface area contributed by atoms with E-state index in [1.165, 1.54) is 0 Å². The summed E-state index contributed by atoms with van der Waals surface area (Å²) in [6.07, 6.45) is 0. The zero-order valence-electron chi connectivity index (χ0n) is 11.5. The van der Waals surface area contributed by atoms with E-state index in [4.69, 9.17) is 10.5 Å². The molecule has 0 fully saturated rings. The zero-order valence-corrected chi connectivity index (χ0v) is 11.5. The van der Waals surface area contributed by atoms with Gasteiger partial charge >= 0.3 is 5.97 Å². The Morgan fingerprint density at radius 1 is 1.39 bits per heavy atom. The number of benzene rings is 1. The molecule has 1 aromatic carbocycles. The molecule has 0 unspecified atom stereocenters. The summed E-state index contributed by atoms with van der Waals surface area (Å²) in [6, 6.07) is 5.25. The summed E-state index contributed by atoms with van der Waals surface area (Å²) in [5.74, 6) is -0.346. The molecule has 4 heteroatoms. The monoisotopic (exact) mass is 250 g/mol. The standard InChI is InChI=1S/C14H22N2O2/c1-5-18-13(17)10-7-6-8-11(15)12(10)16-9-14(2,3)4/h6-8,16H,5,9,15H2,1-4H3. The van der Waals surface area contributed by atoms with Crippen LogP contribution in [0.1, 0.15) is 38.1 Å². The lowest BCUT2D eigenvalue weighted by atomic mass is 9.96. The maximum atomic E-state index is 11.8. The van der Waals surface area contributed by atoms with Crippen molar-refractivity contribution in [1.82, 2.24) is 0 Å². The summed E-state index contributed by atoms with van der Waals surface area (Å²) in [5, 5.41) is 3.23. The minimum absolute atomic E-state index is 0.105. The van der Waals surface area contributed by atoms with Crippen LogP contribution in [0.3, 0.4) is 0 Å². The lowest BCUT2D eigenvalue weighted by Gasteiger charge is -2.21. The number of esters is 1. The fraction of sp³-hybridized carbons (Fsp3) is 0.500. The first-order valence-electron chi connectivity index (χ1n) is 6.14. The quantitative estimate of drug-likeness (QED) is 0.637. The van der Waals surface area contributed by atoms with E-state index in [0.29, 0.717) is 23.5 Å². The number of para-hydroxylation sites is 1. The van der Waals surface area contributed by atoms with Crippen molar-refractivity contribution in [3.63, 3.8) is 0 Å². The van der Waals surface area contributed by atoms with Gasteiger partial charge in [-0.3, -0.25) is 0 Å². The molecule has 0 spiro atoms. The average Bonchev–Trinajstić information content (AvgIpc) is 2.26. The molecule has 0 atom stereocenters. The molecule has 0 aliphatic rings. The number of anilines is 2. The van der Waals surface area contributed by atoms with E-state index in [0.717, 1.165) is 6.54 Å². The van der Waals surface area contributed by atoms with Crippen molar-refractivity contribution in [2.75, 3.05) is 24.2 Å². The molecule has 0 bridgehead atoms. The molecule has 0 aliphatic carbocycles. The molecule has 4 nitrogen and oxygen atoms in total. The van der Waals surface area contributed by atoms with Gasteiger partial charge in [0.05, 0.1) is 23.5 Å². The highest BCUT2D eigenvalue weighted by atomic mass is 16.5. The fourth-order valence-corrected chi connectivity index (χ4v) is 1.50. The lowest BCUT2D eigenvalue weighted by molar-refractivity contribution is 0.0527. The van der Waals surface area contributed by atoms with Gasteiger partial charge in [-0.1, -0.05) is 26.8 Å². The van der Waals surface area contributed by atoms with E-state index in [2.05, 4.69) is 26.1 Å². The third-order valence-electron chi connectivity index (χ3n) is 2.39. The molecule has 3 N–H and O–H groups in total. The second kappa shape index (κ2) is 5.76. The second-order valence-corrected chi connectivity index (χ2v) is 5.40. The Hall–Kier alpha value is -1.71. The summed E-state index contributed by atoms with van der Waals surface area (Å²) < 4.78 is 5.02. The normalized spacial score (nSPS) is 11.1. The number of hydrogen-bond acceptors (Lipinski definition) is 4. The lowest BCUT2D eigenvalue weighted by Crippen LogP contribution is -2.21. The van der Waals surface area contributed by atoms with Crippen molar-refractivity contribution in [3.05, 3.63) is 23.8 Å². The number of nitrogens with one attached hydrogen (secondary N) is 1. The molecule has 0 radical (unpaired) electrons. The maximum absolute atomic E-state index is 11.8. The maximum Gasteiger partial charge on any atom is 0.340 e. The van der Waals surface area contributed by atoms with Crippen LogP contribution < -0.4 is 11.1 Å². The molecule has 0 aromatic heterocycles. The number of carbonyl (C=O) groups is 1. The predicted octanol–water partition coefficient (Wildman–Crippen LogP) is 2.90. The first-order chi connectivity index (χ1) is 8.35. The Bertz CT molecular complexity index is 422. The molecule has 18 heavy (non-hydrogen) atoms. The minimum atomic E-state index is -0.346. The van der Waals surface area contributed by atoms with Crippen LogP contribution in [0.25, 0.3) is 0 Å². The Morgan fingerprint density at radius 2 is 2.06 bits per heavy atom. The molecular weight excluding hydrogens is 228 g/mol. The Morgan fingerprint density at radius 3 is 2.61 bits per heavy atom. The molecule has 0 amide bonds. The Labute approximate surface area is 109 Å². The number of ether oxygens (including phenoxy) is 1. The van der Waals surface area contributed by atoms with Gasteiger partial charge in [-0.05, 0) is 24.5 Å². The molecule has 1 rings (SSSR count). The van der Waals surface area contributed by atoms with E-state index < -0.39 is 0 Å². The third-order valence-corrected chi connectivity index (χ3v) is 2.39. The van der Waals surface area contributed by atoms with Crippen molar-refractivity contribution < 1.29 is 9.53 Å². The molecule has 0 saturated heterocycles. The van der Waals surface area contributed by atoms with Crippen LogP contribution in [0.15, 0.2) is 18.2 Å². The van der Waals surface area contributed by atoms with Crippen LogP contribution in [0, 0.1) is 5.41 Å². The highest BCUT2D eigenvalue weighted by molar-refractivity contribution is 5.98. The average molecular weight is 250 g/mol. The van der Waals surface area contributed by atoms with Crippen LogP contribution in [-0.2, 0) is 4.74 Å². The van der Waals surface area contributed by atoms with Gasteiger partial charge in [-0.25, -0.2) is 4.79 Å². The van der Waals surface area contributed by atoms with Gasteiger partial charge in [0.25, 0.3) is 0 Å². The first kappa shape index (κ1) is 14.4. The molecule has 0 aliphatic heterocycles. The van der Waals surface area contributed by atoms with Gasteiger partial charge in [0, 0.05) is 6.54 Å². The zero-order chi connectivity index (χ0) is 13.8. The van der Waals surface area contributed by atoms with Crippen molar-refractivity contribution in [2.45, 2.75) is 27.7 Å². The van der Waals surface area contributed by atoms with E-state index in [1.54, 1.807) is 25.1 Å². The number of carbonyl (C=O) groups excluding carboxylic acids is 1. The second-order valence-electron chi connectivity index (χ2n) is 5.40. The number of rotatable bonds is 4. The molecule has 0 saturated carbocycles. The molecule has 100 valence electrons. The van der Waals surface area contributed by atoms with E-state index in [9.17, 15) is 4.79 Å². The van der Waals surface area contributed by atoms with Gasteiger partial charge < -0.3 is 15.8 Å². The Kier molecular flexibility index (Phi) is 4.59. The fourth-order valence-electron chi connectivity index (χ4n) is 1.50. The van der Waals surface area contributed by atoms with Crippen LogP contribution in [0.5, 0.6) is 0 Å². The van der Waals surface area contributed by atoms with Gasteiger partial charge in [0.1, 0.15) is 0 Å². The van der Waals surface area contributed by atoms with Gasteiger partial charge in [0.2, 0.25) is 0 Å². The van der Waals surface area contributed by atoms with Gasteiger partial charge in [-0.15, -0.1) is 0 Å². The van der Waals surface area contributed by atoms with Crippen molar-refractivity contribution in [3.8, 4) is 0 Å². The highest BCUT2D eigenvalue weighted by Crippen LogP contribution is 2.26. The SMILES string of the molecule is CCOC(=O)c1cccc(N)c1NCC(C)(C)C. The number of hydrogen-bond donors (Lipinski definition) is 2. The van der Waals surface area contributed by atoms with Crippen LogP contribution in [0.2, 0.25) is 0 Å². The number of nitrogen functional groups attached to an aromatic ring is 1. The molecule has 1 aromatic rings. The number of nitrogens with two attached hydrogens (primary N) is 1. The topological polar surface area (TPSA) is 64.3 Å². The summed E-state index contributed by atoms with van der Waals surface area (Å²) in [6.45, 7) is 9.21. The smallest absolute Gasteiger partial charge is 0.340 e. The highest BCUT2D eigenvalue weighted by Gasteiger charge is 2.17. The van der Waals surface area contributed by atoms with Crippen LogP contribution in [-0.4, -0.2) is 19.1 Å². The van der Waals surface area contributed by atoms with E-state index in [-0.39, 0.29) is 11.4 Å². The van der Waals surface area contributed by atoms with Gasteiger partial charge in [0.15, 0.2) is 0 Å². The Balaban J connectivity index is 2.97. The summed E-state index contributed by atoms with van der Waals surface area (Å²) in [4.78, 5) is 11.8. The van der Waals surface area contributed by atoms with Crippen LogP contribution in [0.4, 0.5) is 11.4 Å². The van der Waals surface area contributed by atoms with Gasteiger partial charge in [-0.2, -0.15) is 0 Å². The summed E-state index contributed by atoms with van der Waals surface area (Å²) in [7, 11) is 0. The predicted molar refractivity (Wildman–Crippen MR) is 74.8 cm³/mol. The minimum Gasteiger partial charge on any atom is -0.462 e. The van der Waals surface area contributed by atoms with Crippen molar-refractivity contribution >= 4 is 17.3 Å². The van der Waals surface area contributed by atoms with E-state index >= 15 is 0 Å².